The van der Waals surface area contributed by atoms with Crippen LogP contribution in [0.5, 0.6) is 0 Å². The lowest BCUT2D eigenvalue weighted by Gasteiger charge is -2.05. The van der Waals surface area contributed by atoms with E-state index in [2.05, 4.69) is 0 Å². The standard InChI is InChI=1S/C12H14O2/c1-10(13)8-12(9-14-2)11-6-4-3-5-7-11/h3-8H,9H2,1-2H3/b12-8-. The highest BCUT2D eigenvalue weighted by Crippen LogP contribution is 2.13. The Morgan fingerprint density at radius 1 is 1.36 bits per heavy atom. The summed E-state index contributed by atoms with van der Waals surface area (Å²) in [6, 6.07) is 9.77. The zero-order chi connectivity index (χ0) is 10.4. The quantitative estimate of drug-likeness (QED) is 0.681. The van der Waals surface area contributed by atoms with Crippen molar-refractivity contribution in [2.45, 2.75) is 6.92 Å². The number of hydrogen-bond donors (Lipinski definition) is 0. The Hall–Kier alpha value is -1.41. The number of ketones is 1. The van der Waals surface area contributed by atoms with Gasteiger partial charge in [0.15, 0.2) is 5.78 Å². The van der Waals surface area contributed by atoms with Gasteiger partial charge < -0.3 is 4.74 Å². The molecule has 0 spiro atoms. The van der Waals surface area contributed by atoms with E-state index >= 15 is 0 Å². The molecular weight excluding hydrogens is 176 g/mol. The molecule has 0 unspecified atom stereocenters. The molecule has 0 aromatic heterocycles. The van der Waals surface area contributed by atoms with Gasteiger partial charge in [-0.1, -0.05) is 30.3 Å². The van der Waals surface area contributed by atoms with Gasteiger partial charge in [0.1, 0.15) is 0 Å². The van der Waals surface area contributed by atoms with E-state index in [9.17, 15) is 4.79 Å². The van der Waals surface area contributed by atoms with Crippen molar-refractivity contribution in [2.24, 2.45) is 0 Å². The van der Waals surface area contributed by atoms with Gasteiger partial charge in [-0.15, -0.1) is 0 Å². The van der Waals surface area contributed by atoms with Crippen LogP contribution in [-0.2, 0) is 9.53 Å². The van der Waals surface area contributed by atoms with Crippen LogP contribution in [0.4, 0.5) is 0 Å². The van der Waals surface area contributed by atoms with E-state index in [0.717, 1.165) is 11.1 Å². The maximum Gasteiger partial charge on any atom is 0.152 e. The lowest BCUT2D eigenvalue weighted by Crippen LogP contribution is -1.96. The summed E-state index contributed by atoms with van der Waals surface area (Å²) in [7, 11) is 1.62. The smallest absolute Gasteiger partial charge is 0.152 e. The summed E-state index contributed by atoms with van der Waals surface area (Å²) < 4.78 is 5.04. The van der Waals surface area contributed by atoms with Gasteiger partial charge in [0, 0.05) is 7.11 Å². The highest BCUT2D eigenvalue weighted by Gasteiger charge is 2.01. The maximum atomic E-state index is 11.0. The van der Waals surface area contributed by atoms with Crippen LogP contribution >= 0.6 is 0 Å². The molecule has 0 radical (unpaired) electrons. The van der Waals surface area contributed by atoms with Crippen molar-refractivity contribution in [3.63, 3.8) is 0 Å². The monoisotopic (exact) mass is 190 g/mol. The normalized spacial score (nSPS) is 11.4. The van der Waals surface area contributed by atoms with Crippen LogP contribution in [0.15, 0.2) is 36.4 Å². The first-order chi connectivity index (χ1) is 6.74. The average molecular weight is 190 g/mol. The average Bonchev–Trinajstić information content (AvgIpc) is 2.18. The second kappa shape index (κ2) is 5.35. The predicted octanol–water partition coefficient (Wildman–Crippen LogP) is 2.31. The number of allylic oxidation sites excluding steroid dienone is 1. The van der Waals surface area contributed by atoms with Gasteiger partial charge in [-0.3, -0.25) is 4.79 Å². The van der Waals surface area contributed by atoms with Crippen LogP contribution < -0.4 is 0 Å². The van der Waals surface area contributed by atoms with Crippen LogP contribution in [0.25, 0.3) is 5.57 Å². The van der Waals surface area contributed by atoms with Crippen LogP contribution in [-0.4, -0.2) is 19.5 Å². The third-order valence-electron chi connectivity index (χ3n) is 1.82. The van der Waals surface area contributed by atoms with Crippen molar-refractivity contribution >= 4 is 11.4 Å². The molecule has 1 aromatic carbocycles. The van der Waals surface area contributed by atoms with Crippen LogP contribution in [0, 0.1) is 0 Å². The number of methoxy groups -OCH3 is 1. The van der Waals surface area contributed by atoms with Crippen molar-refractivity contribution in [3.8, 4) is 0 Å². The first kappa shape index (κ1) is 10.7. The van der Waals surface area contributed by atoms with Crippen molar-refractivity contribution in [2.75, 3.05) is 13.7 Å². The zero-order valence-electron chi connectivity index (χ0n) is 8.49. The van der Waals surface area contributed by atoms with E-state index in [1.165, 1.54) is 0 Å². The fourth-order valence-electron chi connectivity index (χ4n) is 1.26. The number of carbonyl (C=O) groups excluding carboxylic acids is 1. The second-order valence-corrected chi connectivity index (χ2v) is 3.08. The number of carbonyl (C=O) groups is 1. The fraction of sp³-hybridized carbons (Fsp3) is 0.250. The molecular formula is C12H14O2. The largest absolute Gasteiger partial charge is 0.380 e. The first-order valence-electron chi connectivity index (χ1n) is 4.49. The van der Waals surface area contributed by atoms with Gasteiger partial charge >= 0.3 is 0 Å². The summed E-state index contributed by atoms with van der Waals surface area (Å²) in [5.74, 6) is 0.0425. The number of hydrogen-bond acceptors (Lipinski definition) is 2. The molecule has 0 aliphatic heterocycles. The molecule has 0 amide bonds. The number of rotatable bonds is 4. The van der Waals surface area contributed by atoms with Crippen molar-refractivity contribution in [1.29, 1.82) is 0 Å². The Kier molecular flexibility index (Phi) is 4.08. The van der Waals surface area contributed by atoms with Gasteiger partial charge in [0.2, 0.25) is 0 Å². The molecule has 1 rings (SSSR count). The van der Waals surface area contributed by atoms with E-state index in [0.29, 0.717) is 6.61 Å². The number of ether oxygens (including phenoxy) is 1. The van der Waals surface area contributed by atoms with E-state index in [1.807, 2.05) is 30.3 Å². The van der Waals surface area contributed by atoms with Gasteiger partial charge in [-0.05, 0) is 24.1 Å². The van der Waals surface area contributed by atoms with E-state index < -0.39 is 0 Å². The molecule has 14 heavy (non-hydrogen) atoms. The topological polar surface area (TPSA) is 26.3 Å². The molecule has 0 saturated carbocycles. The van der Waals surface area contributed by atoms with Crippen molar-refractivity contribution in [1.82, 2.24) is 0 Å². The lowest BCUT2D eigenvalue weighted by atomic mass is 10.1. The van der Waals surface area contributed by atoms with Gasteiger partial charge in [-0.25, -0.2) is 0 Å². The molecule has 0 fully saturated rings. The molecule has 1 aromatic rings. The minimum absolute atomic E-state index is 0.0425. The molecule has 0 saturated heterocycles. The molecule has 0 bridgehead atoms. The molecule has 0 N–H and O–H groups in total. The third kappa shape index (κ3) is 3.15. The van der Waals surface area contributed by atoms with Gasteiger partial charge in [0.05, 0.1) is 6.61 Å². The molecule has 0 aliphatic rings. The zero-order valence-corrected chi connectivity index (χ0v) is 8.49. The summed E-state index contributed by atoms with van der Waals surface area (Å²) in [5.41, 5.74) is 1.95. The summed E-state index contributed by atoms with van der Waals surface area (Å²) in [5, 5.41) is 0. The SMILES string of the molecule is COC/C(=C/C(C)=O)c1ccccc1. The van der Waals surface area contributed by atoms with Crippen LogP contribution in [0.1, 0.15) is 12.5 Å². The highest BCUT2D eigenvalue weighted by molar-refractivity contribution is 5.95. The minimum Gasteiger partial charge on any atom is -0.380 e. The van der Waals surface area contributed by atoms with E-state index in [1.54, 1.807) is 20.1 Å². The first-order valence-corrected chi connectivity index (χ1v) is 4.49. The molecule has 0 atom stereocenters. The molecule has 0 aliphatic carbocycles. The van der Waals surface area contributed by atoms with Crippen LogP contribution in [0.2, 0.25) is 0 Å². The lowest BCUT2D eigenvalue weighted by molar-refractivity contribution is -0.112. The summed E-state index contributed by atoms with van der Waals surface area (Å²) >= 11 is 0. The van der Waals surface area contributed by atoms with E-state index in [4.69, 9.17) is 4.74 Å². The minimum atomic E-state index is 0.0425. The third-order valence-corrected chi connectivity index (χ3v) is 1.82. The Bertz CT molecular complexity index is 325. The molecule has 2 heteroatoms. The summed E-state index contributed by atoms with van der Waals surface area (Å²) in [4.78, 5) is 11.0. The highest BCUT2D eigenvalue weighted by atomic mass is 16.5. The summed E-state index contributed by atoms with van der Waals surface area (Å²) in [6.45, 7) is 2.00. The van der Waals surface area contributed by atoms with Gasteiger partial charge in [-0.2, -0.15) is 0 Å². The van der Waals surface area contributed by atoms with Gasteiger partial charge in [0.25, 0.3) is 0 Å². The predicted molar refractivity (Wildman–Crippen MR) is 57.0 cm³/mol. The van der Waals surface area contributed by atoms with Crippen molar-refractivity contribution in [3.05, 3.63) is 42.0 Å². The number of benzene rings is 1. The Morgan fingerprint density at radius 2 is 2.00 bits per heavy atom. The van der Waals surface area contributed by atoms with Crippen molar-refractivity contribution < 1.29 is 9.53 Å². The Labute approximate surface area is 84.2 Å². The van der Waals surface area contributed by atoms with E-state index in [-0.39, 0.29) is 5.78 Å². The van der Waals surface area contributed by atoms with Crippen LogP contribution in [0.3, 0.4) is 0 Å². The maximum absolute atomic E-state index is 11.0. The second-order valence-electron chi connectivity index (χ2n) is 3.08. The Morgan fingerprint density at radius 3 is 2.50 bits per heavy atom. The molecule has 2 nitrogen and oxygen atoms in total. The molecule has 74 valence electrons. The molecule has 0 heterocycles. The Balaban J connectivity index is 2.94. The fourth-order valence-corrected chi connectivity index (χ4v) is 1.26. The summed E-state index contributed by atoms with van der Waals surface area (Å²) in [6.07, 6.45) is 1.61.